The molecule has 0 spiro atoms. The van der Waals surface area contributed by atoms with Gasteiger partial charge in [0.25, 0.3) is 0 Å². The Balaban J connectivity index is 1.49. The van der Waals surface area contributed by atoms with Crippen LogP contribution >= 0.6 is 0 Å². The molecule has 2 aromatic rings. The van der Waals surface area contributed by atoms with Crippen molar-refractivity contribution < 1.29 is 13.2 Å². The lowest BCUT2D eigenvalue weighted by Crippen LogP contribution is -2.49. The molecular formula is C18H22N4O3S. The predicted molar refractivity (Wildman–Crippen MR) is 98.0 cm³/mol. The molecule has 0 unspecified atom stereocenters. The molecule has 7 nitrogen and oxygen atoms in total. The molecule has 2 heterocycles. The number of ether oxygens (including phenoxy) is 1. The third kappa shape index (κ3) is 3.03. The van der Waals surface area contributed by atoms with Crippen LogP contribution in [0.3, 0.4) is 0 Å². The van der Waals surface area contributed by atoms with E-state index in [1.807, 2.05) is 0 Å². The number of aromatic nitrogens is 2. The van der Waals surface area contributed by atoms with Gasteiger partial charge in [0.1, 0.15) is 10.6 Å². The molecule has 0 N–H and O–H groups in total. The standard InChI is InChI=1S/C18H22N4O3S/c1-25-16-7-2-3-8-17(16)26(23,24)22-11-9-21(10-12-22)18-13-14-5-4-6-15(14)19-20-18/h2-3,7-8,13H,4-6,9-12H2,1H3. The van der Waals surface area contributed by atoms with E-state index in [-0.39, 0.29) is 4.90 Å². The maximum atomic E-state index is 13.0. The fraction of sp³-hybridized carbons (Fsp3) is 0.444. The van der Waals surface area contributed by atoms with Crippen LogP contribution in [-0.4, -0.2) is 56.2 Å². The number of hydrogen-bond acceptors (Lipinski definition) is 6. The van der Waals surface area contributed by atoms with Crippen molar-refractivity contribution in [3.63, 3.8) is 0 Å². The summed E-state index contributed by atoms with van der Waals surface area (Å²) in [7, 11) is -2.09. The number of fused-ring (bicyclic) bond motifs is 1. The highest BCUT2D eigenvalue weighted by Gasteiger charge is 2.31. The second kappa shape index (κ2) is 6.85. The van der Waals surface area contributed by atoms with Gasteiger partial charge in [-0.25, -0.2) is 8.42 Å². The summed E-state index contributed by atoms with van der Waals surface area (Å²) in [6.07, 6.45) is 3.20. The fourth-order valence-corrected chi connectivity index (χ4v) is 5.18. The molecule has 8 heteroatoms. The molecule has 0 radical (unpaired) electrons. The van der Waals surface area contributed by atoms with Crippen LogP contribution in [0, 0.1) is 0 Å². The molecular weight excluding hydrogens is 352 g/mol. The Bertz CT molecular complexity index is 908. The van der Waals surface area contributed by atoms with E-state index in [1.54, 1.807) is 24.3 Å². The molecule has 1 aliphatic carbocycles. The van der Waals surface area contributed by atoms with Crippen molar-refractivity contribution in [1.82, 2.24) is 14.5 Å². The molecule has 1 aromatic carbocycles. The maximum absolute atomic E-state index is 13.0. The number of methoxy groups -OCH3 is 1. The van der Waals surface area contributed by atoms with Crippen molar-refractivity contribution in [3.8, 4) is 5.75 Å². The summed E-state index contributed by atoms with van der Waals surface area (Å²) in [4.78, 5) is 2.33. The number of sulfonamides is 1. The number of anilines is 1. The van der Waals surface area contributed by atoms with Gasteiger partial charge in [-0.2, -0.15) is 9.40 Å². The molecule has 1 aliphatic heterocycles. The van der Waals surface area contributed by atoms with Crippen LogP contribution in [0.2, 0.25) is 0 Å². The number of hydrogen-bond donors (Lipinski definition) is 0. The number of piperazine rings is 1. The number of rotatable bonds is 4. The highest BCUT2D eigenvalue weighted by atomic mass is 32.2. The first-order valence-electron chi connectivity index (χ1n) is 8.83. The lowest BCUT2D eigenvalue weighted by Gasteiger charge is -2.34. The van der Waals surface area contributed by atoms with Gasteiger partial charge in [0, 0.05) is 26.2 Å². The van der Waals surface area contributed by atoms with Gasteiger partial charge < -0.3 is 9.64 Å². The quantitative estimate of drug-likeness (QED) is 0.807. The zero-order chi connectivity index (χ0) is 18.1. The summed E-state index contributed by atoms with van der Waals surface area (Å²) >= 11 is 0. The van der Waals surface area contributed by atoms with E-state index in [9.17, 15) is 8.42 Å². The van der Waals surface area contributed by atoms with Gasteiger partial charge in [0.15, 0.2) is 5.82 Å². The third-order valence-corrected chi connectivity index (χ3v) is 6.99. The second-order valence-corrected chi connectivity index (χ2v) is 8.48. The number of nitrogens with zero attached hydrogens (tertiary/aromatic N) is 4. The summed E-state index contributed by atoms with van der Waals surface area (Å²) in [5.74, 6) is 1.22. The Hall–Kier alpha value is -2.19. The van der Waals surface area contributed by atoms with E-state index < -0.39 is 10.0 Å². The van der Waals surface area contributed by atoms with Crippen molar-refractivity contribution in [1.29, 1.82) is 0 Å². The van der Waals surface area contributed by atoms with E-state index in [4.69, 9.17) is 4.74 Å². The van der Waals surface area contributed by atoms with Crippen molar-refractivity contribution in [2.24, 2.45) is 0 Å². The van der Waals surface area contributed by atoms with Gasteiger partial charge in [-0.3, -0.25) is 0 Å². The van der Waals surface area contributed by atoms with Gasteiger partial charge in [0.05, 0.1) is 12.8 Å². The molecule has 0 amide bonds. The second-order valence-electron chi connectivity index (χ2n) is 6.57. The van der Waals surface area contributed by atoms with E-state index in [1.165, 1.54) is 17.0 Å². The van der Waals surface area contributed by atoms with Crippen molar-refractivity contribution in [2.45, 2.75) is 24.2 Å². The lowest BCUT2D eigenvalue weighted by molar-refractivity contribution is 0.373. The first kappa shape index (κ1) is 17.2. The SMILES string of the molecule is COc1ccccc1S(=O)(=O)N1CCN(c2cc3c(nn2)CCC3)CC1. The molecule has 138 valence electrons. The van der Waals surface area contributed by atoms with Crippen LogP contribution < -0.4 is 9.64 Å². The Labute approximate surface area is 153 Å². The highest BCUT2D eigenvalue weighted by molar-refractivity contribution is 7.89. The molecule has 26 heavy (non-hydrogen) atoms. The van der Waals surface area contributed by atoms with E-state index in [2.05, 4.69) is 21.2 Å². The molecule has 1 aromatic heterocycles. The zero-order valence-corrected chi connectivity index (χ0v) is 15.6. The minimum Gasteiger partial charge on any atom is -0.495 e. The van der Waals surface area contributed by atoms with Gasteiger partial charge in [-0.15, -0.1) is 5.10 Å². The summed E-state index contributed by atoms with van der Waals surface area (Å²) < 4.78 is 32.7. The molecule has 0 atom stereocenters. The molecule has 4 rings (SSSR count). The Morgan fingerprint density at radius 3 is 2.58 bits per heavy atom. The topological polar surface area (TPSA) is 75.6 Å². The number of benzene rings is 1. The largest absolute Gasteiger partial charge is 0.495 e. The van der Waals surface area contributed by atoms with Gasteiger partial charge in [-0.1, -0.05) is 12.1 Å². The molecule has 1 fully saturated rings. The van der Waals surface area contributed by atoms with Gasteiger partial charge >= 0.3 is 0 Å². The van der Waals surface area contributed by atoms with Crippen LogP contribution in [0.5, 0.6) is 5.75 Å². The van der Waals surface area contributed by atoms with Crippen LogP contribution in [-0.2, 0) is 22.9 Å². The van der Waals surface area contributed by atoms with Crippen LogP contribution in [0.25, 0.3) is 0 Å². The minimum atomic E-state index is -3.57. The smallest absolute Gasteiger partial charge is 0.246 e. The van der Waals surface area contributed by atoms with Gasteiger partial charge in [0.2, 0.25) is 10.0 Å². The van der Waals surface area contributed by atoms with Crippen LogP contribution in [0.4, 0.5) is 5.82 Å². The highest BCUT2D eigenvalue weighted by Crippen LogP contribution is 2.28. The Morgan fingerprint density at radius 1 is 1.04 bits per heavy atom. The van der Waals surface area contributed by atoms with Crippen LogP contribution in [0.1, 0.15) is 17.7 Å². The lowest BCUT2D eigenvalue weighted by atomic mass is 10.2. The third-order valence-electron chi connectivity index (χ3n) is 5.06. The van der Waals surface area contributed by atoms with Crippen molar-refractivity contribution in [2.75, 3.05) is 38.2 Å². The van der Waals surface area contributed by atoms with E-state index in [0.29, 0.717) is 31.9 Å². The number of aryl methyl sites for hydroxylation is 2. The number of para-hydroxylation sites is 1. The fourth-order valence-electron chi connectivity index (χ4n) is 3.60. The summed E-state index contributed by atoms with van der Waals surface area (Å²) in [5, 5.41) is 8.67. The van der Waals surface area contributed by atoms with Gasteiger partial charge in [-0.05, 0) is 43.0 Å². The van der Waals surface area contributed by atoms with Crippen molar-refractivity contribution in [3.05, 3.63) is 41.6 Å². The van der Waals surface area contributed by atoms with Crippen LogP contribution in [0.15, 0.2) is 35.2 Å². The molecule has 2 aliphatic rings. The zero-order valence-electron chi connectivity index (χ0n) is 14.8. The molecule has 0 bridgehead atoms. The molecule has 1 saturated heterocycles. The monoisotopic (exact) mass is 374 g/mol. The summed E-state index contributed by atoms with van der Waals surface area (Å²) in [6, 6.07) is 8.85. The average molecular weight is 374 g/mol. The van der Waals surface area contributed by atoms with E-state index in [0.717, 1.165) is 30.8 Å². The summed E-state index contributed by atoms with van der Waals surface area (Å²) in [5.41, 5.74) is 2.38. The summed E-state index contributed by atoms with van der Waals surface area (Å²) in [6.45, 7) is 2.03. The molecule has 0 saturated carbocycles. The minimum absolute atomic E-state index is 0.216. The Morgan fingerprint density at radius 2 is 1.81 bits per heavy atom. The first-order chi connectivity index (χ1) is 12.6. The normalized spacial score (nSPS) is 18.0. The van der Waals surface area contributed by atoms with Crippen molar-refractivity contribution >= 4 is 15.8 Å². The maximum Gasteiger partial charge on any atom is 0.246 e. The van der Waals surface area contributed by atoms with E-state index >= 15 is 0 Å². The first-order valence-corrected chi connectivity index (χ1v) is 10.3. The Kier molecular flexibility index (Phi) is 4.54. The predicted octanol–water partition coefficient (Wildman–Crippen LogP) is 1.48. The average Bonchev–Trinajstić information content (AvgIpc) is 3.16.